The van der Waals surface area contributed by atoms with Crippen LogP contribution in [0.5, 0.6) is 0 Å². The number of rotatable bonds is 4. The van der Waals surface area contributed by atoms with Crippen LogP contribution in [-0.2, 0) is 9.84 Å². The van der Waals surface area contributed by atoms with Gasteiger partial charge in [-0.15, -0.1) is 0 Å². The fraction of sp³-hybridized carbons (Fsp3) is 0.312. The molecule has 3 rings (SSSR count). The zero-order valence-electron chi connectivity index (χ0n) is 12.4. The quantitative estimate of drug-likeness (QED) is 0.925. The minimum absolute atomic E-state index is 0.0621. The Labute approximate surface area is 134 Å². The average molecular weight is 336 g/mol. The lowest BCUT2D eigenvalue weighted by Gasteiger charge is -2.11. The molecule has 1 aromatic carbocycles. The number of nitrogens with zero attached hydrogens (tertiary/aromatic N) is 1. The van der Waals surface area contributed by atoms with E-state index in [1.807, 2.05) is 0 Å². The molecule has 0 bridgehead atoms. The highest BCUT2D eigenvalue weighted by Gasteiger charge is 2.28. The topological polar surface area (TPSA) is 68.2 Å². The van der Waals surface area contributed by atoms with Crippen molar-refractivity contribution in [2.75, 3.05) is 18.1 Å². The van der Waals surface area contributed by atoms with Crippen LogP contribution in [0.4, 0.5) is 4.39 Å². The second kappa shape index (κ2) is 6.16. The molecule has 1 aliphatic heterocycles. The third-order valence-electron chi connectivity index (χ3n) is 3.97. The van der Waals surface area contributed by atoms with Gasteiger partial charge in [-0.05, 0) is 42.7 Å². The summed E-state index contributed by atoms with van der Waals surface area (Å²) < 4.78 is 38.5. The normalized spacial score (nSPS) is 19.6. The lowest BCUT2D eigenvalue weighted by Crippen LogP contribution is -2.29. The maximum absolute atomic E-state index is 14.1. The molecule has 0 aliphatic carbocycles. The monoisotopic (exact) mass is 336 g/mol. The summed E-state index contributed by atoms with van der Waals surface area (Å²) in [7, 11) is -2.96. The molecule has 7 heteroatoms. The van der Waals surface area contributed by atoms with Gasteiger partial charge in [-0.1, -0.05) is 0 Å². The van der Waals surface area contributed by atoms with Crippen molar-refractivity contribution >= 4 is 15.7 Å². The molecule has 1 fully saturated rings. The number of benzene rings is 1. The van der Waals surface area contributed by atoms with Crippen LogP contribution < -0.4 is 5.32 Å². The van der Waals surface area contributed by atoms with E-state index in [4.69, 9.17) is 0 Å². The number of aromatic nitrogens is 1. The van der Waals surface area contributed by atoms with Gasteiger partial charge in [0.05, 0.1) is 17.2 Å². The summed E-state index contributed by atoms with van der Waals surface area (Å²) in [5.41, 5.74) is 0.590. The predicted octanol–water partition coefficient (Wildman–Crippen LogP) is 1.78. The molecule has 1 saturated heterocycles. The minimum atomic E-state index is -2.96. The van der Waals surface area contributed by atoms with Crippen molar-refractivity contribution in [1.82, 2.24) is 9.88 Å². The van der Waals surface area contributed by atoms with E-state index in [9.17, 15) is 17.6 Å². The SMILES string of the molecule is O=C(NCC1CCS(=O)(=O)C1)c1ccc(-n2cccc2)c(F)c1. The molecule has 0 radical (unpaired) electrons. The molecule has 1 aromatic heterocycles. The molecule has 0 spiro atoms. The van der Waals surface area contributed by atoms with Gasteiger partial charge in [-0.2, -0.15) is 0 Å². The molecule has 23 heavy (non-hydrogen) atoms. The Bertz CT molecular complexity index is 816. The highest BCUT2D eigenvalue weighted by Crippen LogP contribution is 2.18. The molecule has 1 aliphatic rings. The molecule has 1 N–H and O–H groups in total. The minimum Gasteiger partial charge on any atom is -0.352 e. The van der Waals surface area contributed by atoms with E-state index in [1.165, 1.54) is 6.07 Å². The van der Waals surface area contributed by atoms with Crippen molar-refractivity contribution in [1.29, 1.82) is 0 Å². The van der Waals surface area contributed by atoms with Crippen LogP contribution in [0.2, 0.25) is 0 Å². The Kier molecular flexibility index (Phi) is 4.21. The van der Waals surface area contributed by atoms with Crippen LogP contribution in [-0.4, -0.2) is 36.9 Å². The first-order valence-corrected chi connectivity index (χ1v) is 9.18. The van der Waals surface area contributed by atoms with Crippen LogP contribution in [0, 0.1) is 11.7 Å². The van der Waals surface area contributed by atoms with Crippen LogP contribution in [0.15, 0.2) is 42.7 Å². The summed E-state index contributed by atoms with van der Waals surface area (Å²) in [6.45, 7) is 0.291. The third kappa shape index (κ3) is 3.61. The van der Waals surface area contributed by atoms with Gasteiger partial charge in [-0.3, -0.25) is 4.79 Å². The van der Waals surface area contributed by atoms with Gasteiger partial charge in [0.25, 0.3) is 5.91 Å². The summed E-state index contributed by atoms with van der Waals surface area (Å²) in [4.78, 5) is 12.1. The smallest absolute Gasteiger partial charge is 0.251 e. The Balaban J connectivity index is 1.65. The van der Waals surface area contributed by atoms with Crippen LogP contribution >= 0.6 is 0 Å². The number of halogens is 1. The fourth-order valence-electron chi connectivity index (χ4n) is 2.72. The highest BCUT2D eigenvalue weighted by atomic mass is 32.2. The number of carbonyl (C=O) groups excluding carboxylic acids is 1. The molecule has 122 valence electrons. The molecule has 1 unspecified atom stereocenters. The standard InChI is InChI=1S/C16H17FN2O3S/c17-14-9-13(3-4-15(14)19-6-1-2-7-19)16(20)18-10-12-5-8-23(21,22)11-12/h1-4,6-7,9,12H,5,8,10-11H2,(H,18,20). The van der Waals surface area contributed by atoms with Gasteiger partial charge in [0.15, 0.2) is 9.84 Å². The first-order chi connectivity index (χ1) is 10.9. The number of nitrogens with one attached hydrogen (secondary N) is 1. The molecular weight excluding hydrogens is 319 g/mol. The van der Waals surface area contributed by atoms with Crippen LogP contribution in [0.3, 0.4) is 0 Å². The number of hydrogen-bond acceptors (Lipinski definition) is 3. The number of carbonyl (C=O) groups is 1. The summed E-state index contributed by atoms with van der Waals surface area (Å²) >= 11 is 0. The number of sulfone groups is 1. The van der Waals surface area contributed by atoms with Gasteiger partial charge >= 0.3 is 0 Å². The predicted molar refractivity (Wildman–Crippen MR) is 84.8 cm³/mol. The van der Waals surface area contributed by atoms with Crippen LogP contribution in [0.1, 0.15) is 16.8 Å². The summed E-state index contributed by atoms with van der Waals surface area (Å²) in [6.07, 6.45) is 4.00. The lowest BCUT2D eigenvalue weighted by molar-refractivity contribution is 0.0948. The van der Waals surface area contributed by atoms with Crippen molar-refractivity contribution in [3.63, 3.8) is 0 Å². The van der Waals surface area contributed by atoms with Crippen molar-refractivity contribution in [2.24, 2.45) is 5.92 Å². The first-order valence-electron chi connectivity index (χ1n) is 7.36. The van der Waals surface area contributed by atoms with E-state index in [-0.39, 0.29) is 23.0 Å². The number of hydrogen-bond donors (Lipinski definition) is 1. The van der Waals surface area contributed by atoms with Crippen molar-refractivity contribution in [2.45, 2.75) is 6.42 Å². The van der Waals surface area contributed by atoms with Gasteiger partial charge in [0.2, 0.25) is 0 Å². The van der Waals surface area contributed by atoms with Crippen molar-refractivity contribution in [3.05, 3.63) is 54.1 Å². The summed E-state index contributed by atoms with van der Waals surface area (Å²) in [6, 6.07) is 7.87. The summed E-state index contributed by atoms with van der Waals surface area (Å²) in [5, 5.41) is 2.68. The third-order valence-corrected chi connectivity index (χ3v) is 5.81. The van der Waals surface area contributed by atoms with E-state index in [0.717, 1.165) is 0 Å². The van der Waals surface area contributed by atoms with Crippen LogP contribution in [0.25, 0.3) is 5.69 Å². The maximum Gasteiger partial charge on any atom is 0.251 e. The van der Waals surface area contributed by atoms with E-state index < -0.39 is 21.6 Å². The fourth-order valence-corrected chi connectivity index (χ4v) is 4.59. The second-order valence-corrected chi connectivity index (χ2v) is 7.96. The van der Waals surface area contributed by atoms with E-state index in [1.54, 1.807) is 41.2 Å². The van der Waals surface area contributed by atoms with Gasteiger partial charge < -0.3 is 9.88 Å². The number of amides is 1. The average Bonchev–Trinajstić information content (AvgIpc) is 3.14. The van der Waals surface area contributed by atoms with Crippen molar-refractivity contribution < 1.29 is 17.6 Å². The Morgan fingerprint density at radius 2 is 2.04 bits per heavy atom. The van der Waals surface area contributed by atoms with Crippen molar-refractivity contribution in [3.8, 4) is 5.69 Å². The molecule has 1 atom stereocenters. The molecule has 0 saturated carbocycles. The molecule has 2 aromatic rings. The van der Waals surface area contributed by atoms with E-state index in [0.29, 0.717) is 18.7 Å². The molecular formula is C16H17FN2O3S. The maximum atomic E-state index is 14.1. The zero-order valence-corrected chi connectivity index (χ0v) is 13.2. The Hall–Kier alpha value is -2.15. The Morgan fingerprint density at radius 3 is 2.65 bits per heavy atom. The van der Waals surface area contributed by atoms with Gasteiger partial charge in [-0.25, -0.2) is 12.8 Å². The lowest BCUT2D eigenvalue weighted by atomic mass is 10.1. The molecule has 2 heterocycles. The van der Waals surface area contributed by atoms with E-state index in [2.05, 4.69) is 5.32 Å². The highest BCUT2D eigenvalue weighted by molar-refractivity contribution is 7.91. The molecule has 1 amide bonds. The first kappa shape index (κ1) is 15.7. The van der Waals surface area contributed by atoms with Gasteiger partial charge in [0.1, 0.15) is 5.82 Å². The largest absolute Gasteiger partial charge is 0.352 e. The molecule has 5 nitrogen and oxygen atoms in total. The Morgan fingerprint density at radius 1 is 1.30 bits per heavy atom. The zero-order chi connectivity index (χ0) is 16.4. The summed E-state index contributed by atoms with van der Waals surface area (Å²) in [5.74, 6) is -0.667. The van der Waals surface area contributed by atoms with E-state index >= 15 is 0 Å². The van der Waals surface area contributed by atoms with Gasteiger partial charge in [0, 0.05) is 24.5 Å². The second-order valence-electron chi connectivity index (χ2n) is 5.74.